The molecule has 24 heavy (non-hydrogen) atoms. The van der Waals surface area contributed by atoms with E-state index in [1.165, 1.54) is 25.7 Å². The SMILES string of the molecule is O=C(CC1CCCC1)NC1CCN(C(Cl)c2cccc(Cl)c2)CC1. The van der Waals surface area contributed by atoms with E-state index in [0.717, 1.165) is 31.5 Å². The molecule has 1 aromatic carbocycles. The van der Waals surface area contributed by atoms with E-state index < -0.39 is 0 Å². The number of benzene rings is 1. The van der Waals surface area contributed by atoms with Crippen LogP contribution in [0.1, 0.15) is 56.0 Å². The molecular formula is C19H26Cl2N2O. The maximum atomic E-state index is 12.2. The highest BCUT2D eigenvalue weighted by atomic mass is 35.5. The highest BCUT2D eigenvalue weighted by molar-refractivity contribution is 6.30. The van der Waals surface area contributed by atoms with Crippen LogP contribution < -0.4 is 5.32 Å². The molecule has 0 radical (unpaired) electrons. The molecule has 2 aliphatic rings. The van der Waals surface area contributed by atoms with Crippen molar-refractivity contribution in [2.45, 2.75) is 56.5 Å². The lowest BCUT2D eigenvalue weighted by Crippen LogP contribution is -2.45. The van der Waals surface area contributed by atoms with Gasteiger partial charge in [0.2, 0.25) is 5.91 Å². The van der Waals surface area contributed by atoms with Gasteiger partial charge in [0.05, 0.1) is 0 Å². The van der Waals surface area contributed by atoms with Crippen molar-refractivity contribution in [3.8, 4) is 0 Å². The van der Waals surface area contributed by atoms with Crippen molar-refractivity contribution in [3.05, 3.63) is 34.9 Å². The van der Waals surface area contributed by atoms with Crippen molar-refractivity contribution in [2.24, 2.45) is 5.92 Å². The number of piperidine rings is 1. The zero-order valence-electron chi connectivity index (χ0n) is 14.0. The molecule has 0 aromatic heterocycles. The molecule has 1 heterocycles. The Morgan fingerprint density at radius 1 is 1.21 bits per heavy atom. The Morgan fingerprint density at radius 3 is 2.58 bits per heavy atom. The van der Waals surface area contributed by atoms with Crippen LogP contribution in [0.2, 0.25) is 5.02 Å². The lowest BCUT2D eigenvalue weighted by atomic mass is 10.0. The van der Waals surface area contributed by atoms with Crippen LogP contribution in [0.15, 0.2) is 24.3 Å². The average Bonchev–Trinajstić information content (AvgIpc) is 3.07. The number of hydrogen-bond donors (Lipinski definition) is 1. The van der Waals surface area contributed by atoms with Crippen LogP contribution in [0.25, 0.3) is 0 Å². The van der Waals surface area contributed by atoms with E-state index in [9.17, 15) is 4.79 Å². The van der Waals surface area contributed by atoms with E-state index >= 15 is 0 Å². The van der Waals surface area contributed by atoms with Crippen LogP contribution >= 0.6 is 23.2 Å². The van der Waals surface area contributed by atoms with Crippen molar-refractivity contribution in [1.29, 1.82) is 0 Å². The summed E-state index contributed by atoms with van der Waals surface area (Å²) in [5, 5.41) is 3.94. The molecule has 1 aliphatic heterocycles. The number of hydrogen-bond acceptors (Lipinski definition) is 2. The molecule has 3 rings (SSSR count). The normalized spacial score (nSPS) is 21.8. The number of carbonyl (C=O) groups is 1. The number of rotatable bonds is 5. The van der Waals surface area contributed by atoms with Gasteiger partial charge in [-0.3, -0.25) is 9.69 Å². The smallest absolute Gasteiger partial charge is 0.220 e. The summed E-state index contributed by atoms with van der Waals surface area (Å²) < 4.78 is 0. The molecule has 5 heteroatoms. The minimum Gasteiger partial charge on any atom is -0.353 e. The first-order valence-corrected chi connectivity index (χ1v) is 9.86. The van der Waals surface area contributed by atoms with Gasteiger partial charge in [-0.1, -0.05) is 36.6 Å². The van der Waals surface area contributed by atoms with Crippen LogP contribution in [0, 0.1) is 5.92 Å². The number of likely N-dealkylation sites (tertiary alicyclic amines) is 1. The first kappa shape index (κ1) is 18.0. The lowest BCUT2D eigenvalue weighted by Gasteiger charge is -2.35. The van der Waals surface area contributed by atoms with Crippen molar-refractivity contribution >= 4 is 29.1 Å². The van der Waals surface area contributed by atoms with Crippen LogP contribution in [-0.4, -0.2) is 29.9 Å². The monoisotopic (exact) mass is 368 g/mol. The van der Waals surface area contributed by atoms with E-state index in [-0.39, 0.29) is 11.4 Å². The Bertz CT molecular complexity index is 552. The molecule has 3 nitrogen and oxygen atoms in total. The first-order chi connectivity index (χ1) is 11.6. The third-order valence-corrected chi connectivity index (χ3v) is 6.05. The second kappa shape index (κ2) is 8.55. The van der Waals surface area contributed by atoms with Crippen LogP contribution in [0.3, 0.4) is 0 Å². The van der Waals surface area contributed by atoms with Gasteiger partial charge in [-0.2, -0.15) is 0 Å². The van der Waals surface area contributed by atoms with Crippen molar-refractivity contribution < 1.29 is 4.79 Å². The predicted molar refractivity (Wildman–Crippen MR) is 99.4 cm³/mol. The van der Waals surface area contributed by atoms with Gasteiger partial charge >= 0.3 is 0 Å². The highest BCUT2D eigenvalue weighted by Crippen LogP contribution is 2.30. The van der Waals surface area contributed by atoms with E-state index in [2.05, 4.69) is 10.2 Å². The minimum absolute atomic E-state index is 0.154. The Hall–Kier alpha value is -0.770. The summed E-state index contributed by atoms with van der Waals surface area (Å²) in [6, 6.07) is 8.02. The zero-order valence-corrected chi connectivity index (χ0v) is 15.5. The molecule has 1 aromatic rings. The second-order valence-corrected chi connectivity index (χ2v) is 7.97. The summed E-state index contributed by atoms with van der Waals surface area (Å²) in [7, 11) is 0. The van der Waals surface area contributed by atoms with Crippen LogP contribution in [0.5, 0.6) is 0 Å². The van der Waals surface area contributed by atoms with Crippen molar-refractivity contribution in [1.82, 2.24) is 10.2 Å². The minimum atomic E-state index is -0.154. The average molecular weight is 369 g/mol. The number of carbonyl (C=O) groups excluding carboxylic acids is 1. The van der Waals surface area contributed by atoms with Gasteiger partial charge < -0.3 is 5.32 Å². The topological polar surface area (TPSA) is 32.3 Å². The fraction of sp³-hybridized carbons (Fsp3) is 0.632. The third-order valence-electron chi connectivity index (χ3n) is 5.29. The molecule has 132 valence electrons. The molecule has 1 saturated carbocycles. The molecule has 2 fully saturated rings. The Labute approximate surface area is 154 Å². The molecular weight excluding hydrogens is 343 g/mol. The number of halogens is 2. The molecule has 0 spiro atoms. The van der Waals surface area contributed by atoms with Gasteiger partial charge in [0, 0.05) is 30.6 Å². The summed E-state index contributed by atoms with van der Waals surface area (Å²) in [6.45, 7) is 1.80. The molecule has 1 saturated heterocycles. The molecule has 1 aliphatic carbocycles. The van der Waals surface area contributed by atoms with Gasteiger partial charge in [0.1, 0.15) is 5.50 Å². The molecule has 1 unspecified atom stereocenters. The van der Waals surface area contributed by atoms with E-state index in [1.807, 2.05) is 24.3 Å². The standard InChI is InChI=1S/C19H26Cl2N2O/c20-16-7-3-6-15(13-16)19(21)23-10-8-17(9-11-23)22-18(24)12-14-4-1-2-5-14/h3,6-7,13-14,17,19H,1-2,4-5,8-12H2,(H,22,24). The summed E-state index contributed by atoms with van der Waals surface area (Å²) >= 11 is 12.7. The quantitative estimate of drug-likeness (QED) is 0.601. The van der Waals surface area contributed by atoms with Crippen LogP contribution in [0.4, 0.5) is 0 Å². The maximum absolute atomic E-state index is 12.2. The first-order valence-electron chi connectivity index (χ1n) is 9.05. The molecule has 0 bridgehead atoms. The predicted octanol–water partition coefficient (Wildman–Crippen LogP) is 4.74. The van der Waals surface area contributed by atoms with Gasteiger partial charge in [-0.15, -0.1) is 11.6 Å². The summed E-state index contributed by atoms with van der Waals surface area (Å²) in [5.41, 5.74) is 0.881. The maximum Gasteiger partial charge on any atom is 0.220 e. The van der Waals surface area contributed by atoms with Crippen LogP contribution in [-0.2, 0) is 4.79 Å². The van der Waals surface area contributed by atoms with E-state index in [0.29, 0.717) is 23.4 Å². The molecule has 1 N–H and O–H groups in total. The van der Waals surface area contributed by atoms with Crippen molar-refractivity contribution in [2.75, 3.05) is 13.1 Å². The second-order valence-electron chi connectivity index (χ2n) is 7.12. The molecule has 1 amide bonds. The van der Waals surface area contributed by atoms with E-state index in [4.69, 9.17) is 23.2 Å². The number of alkyl halides is 1. The fourth-order valence-electron chi connectivity index (χ4n) is 3.90. The summed E-state index contributed by atoms with van der Waals surface area (Å²) in [4.78, 5) is 14.4. The number of nitrogens with zero attached hydrogens (tertiary/aromatic N) is 1. The summed E-state index contributed by atoms with van der Waals surface area (Å²) in [5.74, 6) is 0.845. The third kappa shape index (κ3) is 4.87. The Kier molecular flexibility index (Phi) is 6.43. The Morgan fingerprint density at radius 2 is 1.92 bits per heavy atom. The zero-order chi connectivity index (χ0) is 16.9. The highest BCUT2D eigenvalue weighted by Gasteiger charge is 2.26. The van der Waals surface area contributed by atoms with Crippen molar-refractivity contribution in [3.63, 3.8) is 0 Å². The summed E-state index contributed by atoms with van der Waals surface area (Å²) in [6.07, 6.45) is 7.65. The van der Waals surface area contributed by atoms with Gasteiger partial charge in [-0.25, -0.2) is 0 Å². The number of amides is 1. The van der Waals surface area contributed by atoms with Gasteiger partial charge in [-0.05, 0) is 49.3 Å². The largest absolute Gasteiger partial charge is 0.353 e. The fourth-order valence-corrected chi connectivity index (χ4v) is 4.43. The van der Waals surface area contributed by atoms with Gasteiger partial charge in [0.25, 0.3) is 0 Å². The van der Waals surface area contributed by atoms with Gasteiger partial charge in [0.15, 0.2) is 0 Å². The Balaban J connectivity index is 1.44. The van der Waals surface area contributed by atoms with E-state index in [1.54, 1.807) is 0 Å². The number of nitrogens with one attached hydrogen (secondary N) is 1. The molecule has 1 atom stereocenters. The lowest BCUT2D eigenvalue weighted by molar-refractivity contribution is -0.123.